The number of aryl methyl sites for hydroxylation is 2. The van der Waals surface area contributed by atoms with Gasteiger partial charge in [-0.1, -0.05) is 132 Å². The van der Waals surface area contributed by atoms with E-state index in [-0.39, 0.29) is 0 Å². The van der Waals surface area contributed by atoms with Crippen LogP contribution in [0, 0.1) is 13.8 Å². The molecule has 0 aliphatic carbocycles. The van der Waals surface area contributed by atoms with Gasteiger partial charge in [0.05, 0.1) is 33.1 Å². The van der Waals surface area contributed by atoms with Crippen LogP contribution in [-0.4, -0.2) is 28.7 Å². The lowest BCUT2D eigenvalue weighted by Gasteiger charge is -2.12. The predicted octanol–water partition coefficient (Wildman–Crippen LogP) is 13.1. The van der Waals surface area contributed by atoms with Crippen molar-refractivity contribution in [3.8, 4) is 40.1 Å². The zero-order chi connectivity index (χ0) is 39.2. The summed E-state index contributed by atoms with van der Waals surface area (Å²) in [6.45, 7) is 4.19. The highest BCUT2D eigenvalue weighted by atomic mass is 15.2. The number of aromatic nitrogens is 6. The molecule has 0 unspecified atom stereocenters. The summed E-state index contributed by atoms with van der Waals surface area (Å²) in [6.07, 6.45) is 0. The van der Waals surface area contributed by atoms with E-state index in [1.807, 2.05) is 0 Å². The molecule has 0 saturated carbocycles. The molecule has 0 N–H and O–H groups in total. The van der Waals surface area contributed by atoms with Crippen molar-refractivity contribution in [3.05, 3.63) is 193 Å². The molecule has 0 saturated heterocycles. The van der Waals surface area contributed by atoms with Gasteiger partial charge in [0.2, 0.25) is 5.95 Å². The van der Waals surface area contributed by atoms with Gasteiger partial charge >= 0.3 is 0 Å². The lowest BCUT2D eigenvalue weighted by molar-refractivity contribution is 0.953. The Morgan fingerprint density at radius 1 is 0.305 bits per heavy atom. The normalized spacial score (nSPS) is 11.9. The molecule has 0 spiro atoms. The number of fused-ring (bicyclic) bond motifs is 9. The number of para-hydroxylation sites is 4. The summed E-state index contributed by atoms with van der Waals surface area (Å²) in [4.78, 5) is 15.6. The van der Waals surface area contributed by atoms with Gasteiger partial charge in [0.25, 0.3) is 0 Å². The van der Waals surface area contributed by atoms with Crippen LogP contribution in [0.2, 0.25) is 0 Å². The predicted molar refractivity (Wildman–Crippen MR) is 243 cm³/mol. The van der Waals surface area contributed by atoms with Crippen LogP contribution in [0.15, 0.2) is 182 Å². The first kappa shape index (κ1) is 33.3. The Balaban J connectivity index is 1.17. The van der Waals surface area contributed by atoms with Gasteiger partial charge in [0, 0.05) is 54.8 Å². The van der Waals surface area contributed by atoms with Crippen molar-refractivity contribution in [1.82, 2.24) is 28.7 Å². The molecule has 12 aromatic rings. The zero-order valence-electron chi connectivity index (χ0n) is 32.5. The second kappa shape index (κ2) is 12.8. The molecular formula is C53H36N6. The van der Waals surface area contributed by atoms with Crippen LogP contribution in [0.1, 0.15) is 11.1 Å². The number of rotatable bonds is 5. The van der Waals surface area contributed by atoms with Gasteiger partial charge < -0.3 is 9.13 Å². The Morgan fingerprint density at radius 3 is 1.02 bits per heavy atom. The molecule has 0 amide bonds. The lowest BCUT2D eigenvalue weighted by Crippen LogP contribution is -2.06. The largest absolute Gasteiger partial charge is 0.309 e. The molecule has 0 aliphatic heterocycles. The third-order valence-electron chi connectivity index (χ3n) is 11.9. The van der Waals surface area contributed by atoms with E-state index in [9.17, 15) is 0 Å². The second-order valence-electron chi connectivity index (χ2n) is 15.5. The highest BCUT2D eigenvalue weighted by Gasteiger charge is 2.21. The molecule has 4 heterocycles. The maximum Gasteiger partial charge on any atom is 0.238 e. The van der Waals surface area contributed by atoms with Gasteiger partial charge in [-0.25, -0.2) is 4.98 Å². The van der Waals surface area contributed by atoms with Crippen molar-refractivity contribution in [2.45, 2.75) is 13.8 Å². The summed E-state index contributed by atoms with van der Waals surface area (Å²) in [5.74, 6) is 1.83. The first-order valence-electron chi connectivity index (χ1n) is 20.0. The molecule has 0 atom stereocenters. The van der Waals surface area contributed by atoms with Crippen LogP contribution in [0.5, 0.6) is 0 Å². The van der Waals surface area contributed by atoms with Crippen LogP contribution < -0.4 is 0 Å². The third kappa shape index (κ3) is 5.16. The molecule has 0 aliphatic rings. The Bertz CT molecular complexity index is 3280. The highest BCUT2D eigenvalue weighted by Crippen LogP contribution is 2.39. The van der Waals surface area contributed by atoms with Gasteiger partial charge in [-0.3, -0.25) is 4.57 Å². The Labute approximate surface area is 339 Å². The lowest BCUT2D eigenvalue weighted by atomic mass is 10.1. The smallest absolute Gasteiger partial charge is 0.238 e. The van der Waals surface area contributed by atoms with E-state index < -0.39 is 0 Å². The summed E-state index contributed by atoms with van der Waals surface area (Å²) in [6, 6.07) is 65.1. The fourth-order valence-electron chi connectivity index (χ4n) is 9.02. The maximum atomic E-state index is 5.26. The zero-order valence-corrected chi connectivity index (χ0v) is 32.5. The van der Waals surface area contributed by atoms with Crippen molar-refractivity contribution >= 4 is 65.4 Å². The topological polar surface area (TPSA) is 53.5 Å². The van der Waals surface area contributed by atoms with Gasteiger partial charge in [-0.2, -0.15) is 9.97 Å². The summed E-state index contributed by atoms with van der Waals surface area (Å²) in [5, 5.41) is 7.15. The summed E-state index contributed by atoms with van der Waals surface area (Å²) >= 11 is 0. The second-order valence-corrected chi connectivity index (χ2v) is 15.5. The van der Waals surface area contributed by atoms with E-state index in [1.54, 1.807) is 0 Å². The van der Waals surface area contributed by atoms with Crippen molar-refractivity contribution in [2.75, 3.05) is 0 Å². The van der Waals surface area contributed by atoms with Crippen LogP contribution in [0.3, 0.4) is 0 Å². The van der Waals surface area contributed by atoms with Gasteiger partial charge in [-0.05, 0) is 74.5 Å². The number of benzene rings is 8. The molecule has 278 valence electrons. The highest BCUT2D eigenvalue weighted by molar-refractivity contribution is 6.14. The fraction of sp³-hybridized carbons (Fsp3) is 0.0377. The Morgan fingerprint density at radius 2 is 0.644 bits per heavy atom. The summed E-state index contributed by atoms with van der Waals surface area (Å²) in [5.41, 5.74) is 13.1. The number of hydrogen-bond donors (Lipinski definition) is 0. The molecule has 0 bridgehead atoms. The van der Waals surface area contributed by atoms with E-state index >= 15 is 0 Å². The molecule has 8 aromatic carbocycles. The van der Waals surface area contributed by atoms with Gasteiger partial charge in [-0.15, -0.1) is 0 Å². The van der Waals surface area contributed by atoms with Gasteiger partial charge in [0.15, 0.2) is 11.6 Å². The van der Waals surface area contributed by atoms with Crippen LogP contribution in [0.4, 0.5) is 0 Å². The van der Waals surface area contributed by atoms with E-state index in [1.165, 1.54) is 54.7 Å². The van der Waals surface area contributed by atoms with Crippen LogP contribution in [-0.2, 0) is 0 Å². The average molecular weight is 757 g/mol. The third-order valence-corrected chi connectivity index (χ3v) is 11.9. The van der Waals surface area contributed by atoms with E-state index in [2.05, 4.69) is 210 Å². The van der Waals surface area contributed by atoms with Gasteiger partial charge in [0.1, 0.15) is 0 Å². The minimum absolute atomic E-state index is 0.570. The summed E-state index contributed by atoms with van der Waals surface area (Å²) in [7, 11) is 0. The van der Waals surface area contributed by atoms with Crippen molar-refractivity contribution < 1.29 is 0 Å². The first-order valence-corrected chi connectivity index (χ1v) is 20.0. The van der Waals surface area contributed by atoms with Crippen molar-refractivity contribution in [2.24, 2.45) is 0 Å². The van der Waals surface area contributed by atoms with Crippen LogP contribution in [0.25, 0.3) is 106 Å². The minimum Gasteiger partial charge on any atom is -0.309 e. The molecule has 6 nitrogen and oxygen atoms in total. The molecule has 12 rings (SSSR count). The number of nitrogens with zero attached hydrogens (tertiary/aromatic N) is 6. The number of hydrogen-bond acceptors (Lipinski definition) is 3. The molecule has 59 heavy (non-hydrogen) atoms. The molecule has 6 heteroatoms. The molecule has 4 aromatic heterocycles. The molecule has 0 fully saturated rings. The Hall–Kier alpha value is -7.83. The SMILES string of the molecule is Cc1ccc(-c2nc(-c3ccc(C)cc3)nc(-n3c4ccc(-n5c6ccccc6c6ccccc65)cc4c4cc(-n5c6ccccc6c6ccccc65)ccc43)n2)cc1. The first-order chi connectivity index (χ1) is 29.1. The average Bonchev–Trinajstić information content (AvgIpc) is 3.92. The molecule has 0 radical (unpaired) electrons. The minimum atomic E-state index is 0.570. The van der Waals surface area contributed by atoms with E-state index in [4.69, 9.17) is 15.0 Å². The monoisotopic (exact) mass is 756 g/mol. The van der Waals surface area contributed by atoms with Crippen molar-refractivity contribution in [3.63, 3.8) is 0 Å². The quantitative estimate of drug-likeness (QED) is 0.176. The standard InChI is InChI=1S/C53H36N6/c1-33-19-23-35(24-20-33)51-54-52(36-25-21-34(2)22-26-36)56-53(55-51)59-49-29-27-37(57-45-15-7-3-11-39(45)40-12-4-8-16-46(40)57)31-43(49)44-32-38(28-30-50(44)59)58-47-17-9-5-13-41(47)42-14-6-10-18-48(42)58/h3-32H,1-2H3. The van der Waals surface area contributed by atoms with Crippen molar-refractivity contribution in [1.29, 1.82) is 0 Å². The summed E-state index contributed by atoms with van der Waals surface area (Å²) < 4.78 is 6.99. The van der Waals surface area contributed by atoms with E-state index in [0.717, 1.165) is 44.3 Å². The molecular weight excluding hydrogens is 721 g/mol. The fourth-order valence-corrected chi connectivity index (χ4v) is 9.02. The Kier molecular flexibility index (Phi) is 7.26. The maximum absolute atomic E-state index is 5.26. The van der Waals surface area contributed by atoms with Crippen LogP contribution >= 0.6 is 0 Å². The van der Waals surface area contributed by atoms with E-state index in [0.29, 0.717) is 17.6 Å².